The lowest BCUT2D eigenvalue weighted by molar-refractivity contribution is 0.0979. The molecule has 1 aromatic carbocycles. The molecule has 0 heterocycles. The van der Waals surface area contributed by atoms with E-state index >= 15 is 0 Å². The minimum Gasteiger partial charge on any atom is -0.488 e. The molecule has 102 valence electrons. The first-order chi connectivity index (χ1) is 8.28. The van der Waals surface area contributed by atoms with Crippen LogP contribution in [0.5, 0.6) is 5.75 Å². The van der Waals surface area contributed by atoms with Crippen molar-refractivity contribution in [3.8, 4) is 5.75 Å². The Morgan fingerprint density at radius 2 is 2.06 bits per heavy atom. The normalized spacial score (nSPS) is 13.4. The second kappa shape index (κ2) is 6.16. The first kappa shape index (κ1) is 14.9. The van der Waals surface area contributed by atoms with Crippen molar-refractivity contribution < 1.29 is 14.2 Å². The molecule has 0 aromatic heterocycles. The number of β-amino-alcohol motifs (C(OH)–C–C–N with tert-alkyl or cyclic N) is 1. The molecule has 0 saturated carbocycles. The first-order valence-electron chi connectivity index (χ1n) is 6.10. The molecule has 0 radical (unpaired) electrons. The van der Waals surface area contributed by atoms with Crippen molar-refractivity contribution in [2.24, 2.45) is 0 Å². The summed E-state index contributed by atoms with van der Waals surface area (Å²) in [7, 11) is 0. The Labute approximate surface area is 108 Å². The molecule has 1 aromatic rings. The van der Waals surface area contributed by atoms with Gasteiger partial charge in [0.15, 0.2) is 11.6 Å². The van der Waals surface area contributed by atoms with E-state index in [0.29, 0.717) is 6.54 Å². The highest BCUT2D eigenvalue weighted by Gasteiger charge is 2.13. The molecule has 0 bridgehead atoms. The van der Waals surface area contributed by atoms with E-state index in [9.17, 15) is 9.50 Å². The van der Waals surface area contributed by atoms with Gasteiger partial charge in [-0.25, -0.2) is 4.39 Å². The van der Waals surface area contributed by atoms with Crippen molar-refractivity contribution in [1.29, 1.82) is 0 Å². The van der Waals surface area contributed by atoms with Gasteiger partial charge in [0.1, 0.15) is 12.7 Å². The maximum absolute atomic E-state index is 13.4. The zero-order valence-corrected chi connectivity index (χ0v) is 11.5. The summed E-state index contributed by atoms with van der Waals surface area (Å²) in [6.07, 6.45) is -0.663. The summed E-state index contributed by atoms with van der Waals surface area (Å²) in [5.41, 5.74) is 0.865. The molecule has 0 saturated heterocycles. The molecule has 0 aliphatic heterocycles. The summed E-state index contributed by atoms with van der Waals surface area (Å²) in [5, 5.41) is 12.9. The lowest BCUT2D eigenvalue weighted by Gasteiger charge is -2.23. The van der Waals surface area contributed by atoms with E-state index in [1.54, 1.807) is 12.1 Å². The molecule has 0 aliphatic carbocycles. The third-order valence-corrected chi connectivity index (χ3v) is 2.39. The maximum atomic E-state index is 13.4. The fraction of sp³-hybridized carbons (Fsp3) is 0.571. The number of aryl methyl sites for hydroxylation is 1. The van der Waals surface area contributed by atoms with Crippen LogP contribution in [0.1, 0.15) is 26.3 Å². The van der Waals surface area contributed by atoms with Gasteiger partial charge in [0, 0.05) is 12.1 Å². The Morgan fingerprint density at radius 1 is 1.39 bits per heavy atom. The summed E-state index contributed by atoms with van der Waals surface area (Å²) in [6.45, 7) is 8.40. The van der Waals surface area contributed by atoms with Crippen LogP contribution in [0.25, 0.3) is 0 Å². The number of hydrogen-bond donors (Lipinski definition) is 2. The van der Waals surface area contributed by atoms with Crippen LogP contribution in [0.4, 0.5) is 4.39 Å². The zero-order chi connectivity index (χ0) is 13.8. The molecule has 0 aliphatic rings. The number of rotatable bonds is 5. The minimum absolute atomic E-state index is 0.0600. The zero-order valence-electron chi connectivity index (χ0n) is 11.5. The lowest BCUT2D eigenvalue weighted by Crippen LogP contribution is -2.42. The van der Waals surface area contributed by atoms with Crippen LogP contribution >= 0.6 is 0 Å². The molecule has 4 heteroatoms. The van der Waals surface area contributed by atoms with Crippen LogP contribution in [0.15, 0.2) is 18.2 Å². The van der Waals surface area contributed by atoms with Gasteiger partial charge < -0.3 is 15.2 Å². The van der Waals surface area contributed by atoms with Crippen molar-refractivity contribution in [1.82, 2.24) is 5.32 Å². The van der Waals surface area contributed by atoms with E-state index in [1.165, 1.54) is 6.07 Å². The lowest BCUT2D eigenvalue weighted by atomic mass is 10.1. The van der Waals surface area contributed by atoms with E-state index in [2.05, 4.69) is 5.32 Å². The monoisotopic (exact) mass is 255 g/mol. The number of ether oxygens (including phenoxy) is 1. The Kier molecular flexibility index (Phi) is 5.11. The van der Waals surface area contributed by atoms with Gasteiger partial charge in [-0.2, -0.15) is 0 Å². The third-order valence-electron chi connectivity index (χ3n) is 2.39. The van der Waals surface area contributed by atoms with Crippen LogP contribution in [-0.2, 0) is 0 Å². The molecule has 0 amide bonds. The van der Waals surface area contributed by atoms with Gasteiger partial charge in [-0.3, -0.25) is 0 Å². The highest BCUT2D eigenvalue weighted by atomic mass is 19.1. The second-order valence-corrected chi connectivity index (χ2v) is 5.53. The molecular weight excluding hydrogens is 233 g/mol. The highest BCUT2D eigenvalue weighted by Crippen LogP contribution is 2.18. The first-order valence-corrected chi connectivity index (χ1v) is 6.10. The van der Waals surface area contributed by atoms with Crippen molar-refractivity contribution >= 4 is 0 Å². The number of aliphatic hydroxyl groups is 1. The Hall–Kier alpha value is -1.13. The van der Waals surface area contributed by atoms with Crippen LogP contribution in [0, 0.1) is 12.7 Å². The standard InChI is InChI=1S/C14H22FNO2/c1-10-5-6-12(15)13(7-10)18-9-11(17)8-16-14(2,3)4/h5-7,11,16-17H,8-9H2,1-4H3. The Balaban J connectivity index is 2.42. The number of benzene rings is 1. The van der Waals surface area contributed by atoms with Gasteiger partial charge in [0.25, 0.3) is 0 Å². The van der Waals surface area contributed by atoms with Crippen LogP contribution in [0.2, 0.25) is 0 Å². The van der Waals surface area contributed by atoms with Crippen LogP contribution in [0.3, 0.4) is 0 Å². The van der Waals surface area contributed by atoms with Crippen molar-refractivity contribution in [3.05, 3.63) is 29.6 Å². The number of halogens is 1. The highest BCUT2D eigenvalue weighted by molar-refractivity contribution is 5.29. The molecule has 0 spiro atoms. The SMILES string of the molecule is Cc1ccc(F)c(OCC(O)CNC(C)(C)C)c1. The largest absolute Gasteiger partial charge is 0.488 e. The van der Waals surface area contributed by atoms with Gasteiger partial charge in [-0.1, -0.05) is 6.07 Å². The minimum atomic E-state index is -0.663. The number of hydrogen-bond acceptors (Lipinski definition) is 3. The van der Waals surface area contributed by atoms with Gasteiger partial charge in [0.05, 0.1) is 0 Å². The van der Waals surface area contributed by atoms with Crippen LogP contribution in [-0.4, -0.2) is 29.9 Å². The van der Waals surface area contributed by atoms with E-state index in [-0.39, 0.29) is 17.9 Å². The summed E-state index contributed by atoms with van der Waals surface area (Å²) in [6, 6.07) is 4.67. The quantitative estimate of drug-likeness (QED) is 0.848. The van der Waals surface area contributed by atoms with E-state index in [4.69, 9.17) is 4.74 Å². The van der Waals surface area contributed by atoms with Gasteiger partial charge >= 0.3 is 0 Å². The maximum Gasteiger partial charge on any atom is 0.165 e. The third kappa shape index (κ3) is 5.47. The molecule has 3 nitrogen and oxygen atoms in total. The summed E-state index contributed by atoms with van der Waals surface area (Å²) < 4.78 is 18.7. The molecule has 0 fully saturated rings. The predicted octanol–water partition coefficient (Wildman–Crippen LogP) is 2.26. The predicted molar refractivity (Wildman–Crippen MR) is 70.4 cm³/mol. The average Bonchev–Trinajstić information content (AvgIpc) is 2.26. The van der Waals surface area contributed by atoms with E-state index < -0.39 is 11.9 Å². The summed E-state index contributed by atoms with van der Waals surface area (Å²) in [5.74, 6) is -0.221. The number of aliphatic hydroxyl groups excluding tert-OH is 1. The van der Waals surface area contributed by atoms with Crippen molar-refractivity contribution in [3.63, 3.8) is 0 Å². The summed E-state index contributed by atoms with van der Waals surface area (Å²) in [4.78, 5) is 0. The average molecular weight is 255 g/mol. The van der Waals surface area contributed by atoms with E-state index in [0.717, 1.165) is 5.56 Å². The second-order valence-electron chi connectivity index (χ2n) is 5.53. The molecule has 1 rings (SSSR count). The fourth-order valence-electron chi connectivity index (χ4n) is 1.39. The van der Waals surface area contributed by atoms with Crippen molar-refractivity contribution in [2.75, 3.05) is 13.2 Å². The van der Waals surface area contributed by atoms with Gasteiger partial charge in [0.2, 0.25) is 0 Å². The molecule has 2 N–H and O–H groups in total. The van der Waals surface area contributed by atoms with Gasteiger partial charge in [-0.15, -0.1) is 0 Å². The van der Waals surface area contributed by atoms with Crippen LogP contribution < -0.4 is 10.1 Å². The smallest absolute Gasteiger partial charge is 0.165 e. The molecule has 1 atom stereocenters. The van der Waals surface area contributed by atoms with E-state index in [1.807, 2.05) is 27.7 Å². The number of nitrogens with one attached hydrogen (secondary N) is 1. The summed E-state index contributed by atoms with van der Waals surface area (Å²) >= 11 is 0. The molecule has 18 heavy (non-hydrogen) atoms. The topological polar surface area (TPSA) is 41.5 Å². The Morgan fingerprint density at radius 3 is 2.67 bits per heavy atom. The molecule has 1 unspecified atom stereocenters. The molecular formula is C14H22FNO2. The Bertz CT molecular complexity index is 388. The fourth-order valence-corrected chi connectivity index (χ4v) is 1.39. The van der Waals surface area contributed by atoms with Crippen molar-refractivity contribution in [2.45, 2.75) is 39.3 Å². The van der Waals surface area contributed by atoms with Gasteiger partial charge in [-0.05, 0) is 45.4 Å².